The molecule has 1 rings (SSSR count). The van der Waals surface area contributed by atoms with Crippen molar-refractivity contribution < 1.29 is 19.0 Å². The van der Waals surface area contributed by atoms with Crippen LogP contribution in [0.1, 0.15) is 5.56 Å². The molecule has 0 unspecified atom stereocenters. The Morgan fingerprint density at radius 3 is 2.20 bits per heavy atom. The Hall–Kier alpha value is -1.71. The number of methoxy groups -OCH3 is 3. The van der Waals surface area contributed by atoms with Crippen molar-refractivity contribution in [2.24, 2.45) is 0 Å². The van der Waals surface area contributed by atoms with Crippen molar-refractivity contribution in [3.8, 4) is 17.2 Å². The highest BCUT2D eigenvalue weighted by atomic mass is 16.5. The van der Waals surface area contributed by atoms with Gasteiger partial charge in [0.05, 0.1) is 21.3 Å². The third-order valence-electron chi connectivity index (χ3n) is 2.05. The molecule has 0 fully saturated rings. The van der Waals surface area contributed by atoms with Crippen LogP contribution < -0.4 is 14.2 Å². The first-order chi connectivity index (χ1) is 7.28. The molecule has 1 aromatic carbocycles. The Morgan fingerprint density at radius 2 is 1.73 bits per heavy atom. The van der Waals surface area contributed by atoms with E-state index in [0.717, 1.165) is 5.56 Å². The van der Waals surface area contributed by atoms with Gasteiger partial charge in [-0.3, -0.25) is 4.79 Å². The maximum absolute atomic E-state index is 10.3. The molecule has 0 saturated carbocycles. The predicted octanol–water partition coefficient (Wildman–Crippen LogP) is 1.36. The molecule has 0 atom stereocenters. The highest BCUT2D eigenvalue weighted by molar-refractivity contribution is 5.63. The van der Waals surface area contributed by atoms with Gasteiger partial charge in [0.25, 0.3) is 0 Å². The van der Waals surface area contributed by atoms with E-state index < -0.39 is 0 Å². The molecule has 4 heteroatoms. The lowest BCUT2D eigenvalue weighted by Gasteiger charge is -2.14. The fourth-order valence-corrected chi connectivity index (χ4v) is 1.38. The van der Waals surface area contributed by atoms with Crippen LogP contribution in [0.25, 0.3) is 0 Å². The van der Waals surface area contributed by atoms with Crippen LogP contribution in [0.5, 0.6) is 17.2 Å². The fourth-order valence-electron chi connectivity index (χ4n) is 1.38. The van der Waals surface area contributed by atoms with Crippen LogP contribution in [0.2, 0.25) is 0 Å². The molecule has 0 aliphatic carbocycles. The van der Waals surface area contributed by atoms with Gasteiger partial charge in [-0.2, -0.15) is 0 Å². The summed E-state index contributed by atoms with van der Waals surface area (Å²) in [5, 5.41) is 0. The highest BCUT2D eigenvalue weighted by Crippen LogP contribution is 2.39. The summed E-state index contributed by atoms with van der Waals surface area (Å²) < 4.78 is 15.5. The second-order valence-electron chi connectivity index (χ2n) is 2.81. The molecule has 0 aliphatic heterocycles. The zero-order valence-corrected chi connectivity index (χ0v) is 8.99. The summed E-state index contributed by atoms with van der Waals surface area (Å²) in [4.78, 5) is 10.3. The molecule has 0 aliphatic rings. The summed E-state index contributed by atoms with van der Waals surface area (Å²) in [5.74, 6) is 1.58. The molecule has 0 aromatic heterocycles. The lowest BCUT2D eigenvalue weighted by atomic mass is 10.1. The molecule has 0 spiro atoms. The Balaban J connectivity index is 3.27. The van der Waals surface area contributed by atoms with Gasteiger partial charge >= 0.3 is 0 Å². The number of carbonyl (C=O) groups excluding carboxylic acids is 1. The minimum absolute atomic E-state index is 0.170. The van der Waals surface area contributed by atoms with E-state index in [1.54, 1.807) is 19.2 Å². The Labute approximate surface area is 88.8 Å². The molecule has 0 bridgehead atoms. The van der Waals surface area contributed by atoms with Crippen molar-refractivity contribution in [3.05, 3.63) is 17.7 Å². The van der Waals surface area contributed by atoms with E-state index in [1.807, 2.05) is 6.29 Å². The zero-order valence-electron chi connectivity index (χ0n) is 8.99. The molecular weight excluding hydrogens is 196 g/mol. The second kappa shape index (κ2) is 5.24. The van der Waals surface area contributed by atoms with Gasteiger partial charge in [-0.25, -0.2) is 0 Å². The molecule has 0 heterocycles. The number of ether oxygens (including phenoxy) is 3. The van der Waals surface area contributed by atoms with Crippen molar-refractivity contribution in [2.75, 3.05) is 21.3 Å². The monoisotopic (exact) mass is 209 g/mol. The molecule has 1 aromatic rings. The summed E-state index contributed by atoms with van der Waals surface area (Å²) in [6.45, 7) is 0. The van der Waals surface area contributed by atoms with Crippen LogP contribution >= 0.6 is 0 Å². The predicted molar refractivity (Wildman–Crippen MR) is 55.5 cm³/mol. The third-order valence-corrected chi connectivity index (χ3v) is 2.05. The van der Waals surface area contributed by atoms with Gasteiger partial charge in [-0.1, -0.05) is 6.07 Å². The largest absolute Gasteiger partial charge is 0.493 e. The second-order valence-corrected chi connectivity index (χ2v) is 2.81. The summed E-state index contributed by atoms with van der Waals surface area (Å²) in [6, 6.07) is 3.49. The Kier molecular flexibility index (Phi) is 3.97. The maximum atomic E-state index is 10.3. The molecule has 4 nitrogen and oxygen atoms in total. The Morgan fingerprint density at radius 1 is 1.07 bits per heavy atom. The van der Waals surface area contributed by atoms with Gasteiger partial charge in [-0.05, 0) is 6.07 Å². The van der Waals surface area contributed by atoms with Crippen LogP contribution in [0.3, 0.4) is 0 Å². The van der Waals surface area contributed by atoms with E-state index in [4.69, 9.17) is 14.2 Å². The molecule has 0 saturated heterocycles. The molecule has 0 amide bonds. The van der Waals surface area contributed by atoms with Gasteiger partial charge in [0.1, 0.15) is 0 Å². The molecular formula is C11H13O4. The smallest absolute Gasteiger partial charge is 0.203 e. The van der Waals surface area contributed by atoms with Crippen LogP contribution in [0, 0.1) is 0 Å². The molecule has 15 heavy (non-hydrogen) atoms. The van der Waals surface area contributed by atoms with Crippen LogP contribution in [-0.4, -0.2) is 27.6 Å². The number of rotatable bonds is 5. The highest BCUT2D eigenvalue weighted by Gasteiger charge is 2.15. The maximum Gasteiger partial charge on any atom is 0.203 e. The average molecular weight is 209 g/mol. The lowest BCUT2D eigenvalue weighted by molar-refractivity contribution is 0.322. The lowest BCUT2D eigenvalue weighted by Crippen LogP contribution is -1.99. The van der Waals surface area contributed by atoms with Crippen LogP contribution in [0.4, 0.5) is 0 Å². The van der Waals surface area contributed by atoms with Crippen molar-refractivity contribution in [1.29, 1.82) is 0 Å². The van der Waals surface area contributed by atoms with Crippen LogP contribution in [0.15, 0.2) is 12.1 Å². The minimum atomic E-state index is 0.170. The SMILES string of the molecule is COc1ccc(C[C]=O)c(OC)c1OC. The topological polar surface area (TPSA) is 44.8 Å². The van der Waals surface area contributed by atoms with E-state index in [1.165, 1.54) is 14.2 Å². The van der Waals surface area contributed by atoms with E-state index in [9.17, 15) is 4.79 Å². The van der Waals surface area contributed by atoms with Crippen LogP contribution in [-0.2, 0) is 11.2 Å². The molecule has 1 radical (unpaired) electrons. The first-order valence-electron chi connectivity index (χ1n) is 4.41. The quantitative estimate of drug-likeness (QED) is 0.734. The standard InChI is InChI=1S/C11H13O4/c1-13-9-5-4-8(6-7-12)10(14-2)11(9)15-3/h4-5H,6H2,1-3H3. The first-order valence-corrected chi connectivity index (χ1v) is 4.41. The normalized spacial score (nSPS) is 9.53. The van der Waals surface area contributed by atoms with E-state index in [-0.39, 0.29) is 6.42 Å². The molecule has 81 valence electrons. The van der Waals surface area contributed by atoms with E-state index in [2.05, 4.69) is 0 Å². The number of hydrogen-bond donors (Lipinski definition) is 0. The van der Waals surface area contributed by atoms with Crippen molar-refractivity contribution in [2.45, 2.75) is 6.42 Å². The summed E-state index contributed by atoms with van der Waals surface area (Å²) in [7, 11) is 4.59. The summed E-state index contributed by atoms with van der Waals surface area (Å²) in [5.41, 5.74) is 0.727. The van der Waals surface area contributed by atoms with Gasteiger partial charge in [0.15, 0.2) is 11.5 Å². The zero-order chi connectivity index (χ0) is 11.3. The third kappa shape index (κ3) is 2.21. The fraction of sp³-hybridized carbons (Fsp3) is 0.364. The van der Waals surface area contributed by atoms with Gasteiger partial charge in [-0.15, -0.1) is 0 Å². The van der Waals surface area contributed by atoms with E-state index >= 15 is 0 Å². The molecule has 0 N–H and O–H groups in total. The summed E-state index contributed by atoms with van der Waals surface area (Å²) >= 11 is 0. The Bertz CT molecular complexity index is 347. The van der Waals surface area contributed by atoms with E-state index in [0.29, 0.717) is 17.2 Å². The first kappa shape index (κ1) is 11.4. The van der Waals surface area contributed by atoms with Crippen molar-refractivity contribution in [3.63, 3.8) is 0 Å². The number of hydrogen-bond acceptors (Lipinski definition) is 4. The van der Waals surface area contributed by atoms with Gasteiger partial charge < -0.3 is 14.2 Å². The van der Waals surface area contributed by atoms with Crippen molar-refractivity contribution >= 4 is 6.29 Å². The van der Waals surface area contributed by atoms with Gasteiger partial charge in [0, 0.05) is 12.0 Å². The minimum Gasteiger partial charge on any atom is -0.493 e. The summed E-state index contributed by atoms with van der Waals surface area (Å²) in [6.07, 6.45) is 1.99. The van der Waals surface area contributed by atoms with Crippen molar-refractivity contribution in [1.82, 2.24) is 0 Å². The average Bonchev–Trinajstić information content (AvgIpc) is 2.28. The number of benzene rings is 1. The van der Waals surface area contributed by atoms with Gasteiger partial charge in [0.2, 0.25) is 12.0 Å².